The summed E-state index contributed by atoms with van der Waals surface area (Å²) in [4.78, 5) is 4.06. The lowest BCUT2D eigenvalue weighted by molar-refractivity contribution is 0.494. The summed E-state index contributed by atoms with van der Waals surface area (Å²) in [6, 6.07) is 13.8. The number of rotatable bonds is 6. The van der Waals surface area contributed by atoms with E-state index >= 15 is 0 Å². The number of aryl methyl sites for hydroxylation is 1. The van der Waals surface area contributed by atoms with Gasteiger partial charge in [0.2, 0.25) is 0 Å². The first-order chi connectivity index (χ1) is 9.70. The molecule has 1 aromatic carbocycles. The van der Waals surface area contributed by atoms with Crippen molar-refractivity contribution in [3.63, 3.8) is 0 Å². The summed E-state index contributed by atoms with van der Waals surface area (Å²) in [5.41, 5.74) is 4.03. The summed E-state index contributed by atoms with van der Waals surface area (Å²) >= 11 is 0. The molecule has 0 aliphatic carbocycles. The third-order valence-electron chi connectivity index (χ3n) is 3.72. The van der Waals surface area contributed by atoms with Crippen LogP contribution in [0.4, 0.5) is 0 Å². The second-order valence-electron chi connectivity index (χ2n) is 5.38. The molecular formula is C18H24N2. The molecule has 0 saturated carbocycles. The van der Waals surface area contributed by atoms with Crippen LogP contribution in [0.25, 0.3) is 0 Å². The van der Waals surface area contributed by atoms with Gasteiger partial charge in [0.1, 0.15) is 0 Å². The summed E-state index contributed by atoms with van der Waals surface area (Å²) in [7, 11) is 0. The monoisotopic (exact) mass is 268 g/mol. The molecule has 0 fully saturated rings. The largest absolute Gasteiger partial charge is 0.304 e. The number of hydrogen-bond donors (Lipinski definition) is 1. The maximum Gasteiger partial charge on any atom is 0.0298 e. The third kappa shape index (κ3) is 3.91. The van der Waals surface area contributed by atoms with Gasteiger partial charge < -0.3 is 5.32 Å². The van der Waals surface area contributed by atoms with E-state index < -0.39 is 0 Å². The predicted molar refractivity (Wildman–Crippen MR) is 84.6 cm³/mol. The SMILES string of the molecule is CCCc1ccc(C(C)N[C@H](C)c2ccncc2)cc1. The van der Waals surface area contributed by atoms with Crippen molar-refractivity contribution >= 4 is 0 Å². The fourth-order valence-corrected chi connectivity index (χ4v) is 2.48. The molecular weight excluding hydrogens is 244 g/mol. The molecule has 0 aliphatic heterocycles. The Bertz CT molecular complexity index is 505. The zero-order valence-electron chi connectivity index (χ0n) is 12.6. The van der Waals surface area contributed by atoms with Crippen molar-refractivity contribution in [2.24, 2.45) is 0 Å². The highest BCUT2D eigenvalue weighted by Gasteiger charge is 2.10. The first-order valence-electron chi connectivity index (χ1n) is 7.45. The van der Waals surface area contributed by atoms with Gasteiger partial charge in [0.15, 0.2) is 0 Å². The molecule has 2 atom stereocenters. The molecule has 0 radical (unpaired) electrons. The van der Waals surface area contributed by atoms with Gasteiger partial charge in [-0.25, -0.2) is 0 Å². The smallest absolute Gasteiger partial charge is 0.0298 e. The Kier molecular flexibility index (Phi) is 5.31. The van der Waals surface area contributed by atoms with E-state index in [0.717, 1.165) is 6.42 Å². The number of hydrogen-bond acceptors (Lipinski definition) is 2. The Labute approximate surface area is 122 Å². The number of aromatic nitrogens is 1. The Morgan fingerprint density at radius 2 is 1.45 bits per heavy atom. The molecule has 2 rings (SSSR count). The van der Waals surface area contributed by atoms with Gasteiger partial charge in [-0.2, -0.15) is 0 Å². The van der Waals surface area contributed by atoms with E-state index in [9.17, 15) is 0 Å². The van der Waals surface area contributed by atoms with Gasteiger partial charge in [0.05, 0.1) is 0 Å². The molecule has 0 saturated heterocycles. The maximum absolute atomic E-state index is 4.06. The van der Waals surface area contributed by atoms with Gasteiger partial charge in [-0.05, 0) is 49.1 Å². The van der Waals surface area contributed by atoms with E-state index in [1.807, 2.05) is 12.4 Å². The van der Waals surface area contributed by atoms with E-state index in [4.69, 9.17) is 0 Å². The summed E-state index contributed by atoms with van der Waals surface area (Å²) in [5, 5.41) is 3.64. The molecule has 0 bridgehead atoms. The van der Waals surface area contributed by atoms with Crippen molar-refractivity contribution in [1.29, 1.82) is 0 Å². The fraction of sp³-hybridized carbons (Fsp3) is 0.389. The summed E-state index contributed by atoms with van der Waals surface area (Å²) in [6.45, 7) is 6.62. The van der Waals surface area contributed by atoms with Crippen LogP contribution in [0, 0.1) is 0 Å². The molecule has 20 heavy (non-hydrogen) atoms. The van der Waals surface area contributed by atoms with Crippen LogP contribution in [-0.4, -0.2) is 4.98 Å². The van der Waals surface area contributed by atoms with Crippen LogP contribution in [0.3, 0.4) is 0 Å². The van der Waals surface area contributed by atoms with Gasteiger partial charge in [-0.1, -0.05) is 37.6 Å². The van der Waals surface area contributed by atoms with Crippen molar-refractivity contribution in [2.45, 2.75) is 45.7 Å². The highest BCUT2D eigenvalue weighted by atomic mass is 14.9. The molecule has 2 heteroatoms. The molecule has 2 aromatic rings. The lowest BCUT2D eigenvalue weighted by Crippen LogP contribution is -2.22. The van der Waals surface area contributed by atoms with E-state index in [1.54, 1.807) is 0 Å². The molecule has 1 N–H and O–H groups in total. The van der Waals surface area contributed by atoms with Crippen LogP contribution in [-0.2, 0) is 6.42 Å². The number of nitrogens with one attached hydrogen (secondary N) is 1. The zero-order chi connectivity index (χ0) is 14.4. The van der Waals surface area contributed by atoms with Gasteiger partial charge in [-0.15, -0.1) is 0 Å². The first-order valence-corrected chi connectivity index (χ1v) is 7.45. The third-order valence-corrected chi connectivity index (χ3v) is 3.72. The van der Waals surface area contributed by atoms with E-state index in [1.165, 1.54) is 23.1 Å². The summed E-state index contributed by atoms with van der Waals surface area (Å²) in [6.07, 6.45) is 6.05. The predicted octanol–water partition coefficient (Wildman–Crippen LogP) is 4.45. The second kappa shape index (κ2) is 7.20. The Morgan fingerprint density at radius 1 is 0.900 bits per heavy atom. The van der Waals surface area contributed by atoms with Gasteiger partial charge >= 0.3 is 0 Å². The van der Waals surface area contributed by atoms with Crippen molar-refractivity contribution in [3.8, 4) is 0 Å². The highest BCUT2D eigenvalue weighted by Crippen LogP contribution is 2.19. The average Bonchev–Trinajstić information content (AvgIpc) is 2.49. The van der Waals surface area contributed by atoms with Crippen molar-refractivity contribution in [2.75, 3.05) is 0 Å². The molecule has 1 aromatic heterocycles. The van der Waals surface area contributed by atoms with Crippen molar-refractivity contribution in [3.05, 3.63) is 65.5 Å². The van der Waals surface area contributed by atoms with Crippen LogP contribution in [0.1, 0.15) is 56.0 Å². The maximum atomic E-state index is 4.06. The topological polar surface area (TPSA) is 24.9 Å². The quantitative estimate of drug-likeness (QED) is 0.837. The van der Waals surface area contributed by atoms with Crippen LogP contribution < -0.4 is 5.32 Å². The zero-order valence-corrected chi connectivity index (χ0v) is 12.6. The van der Waals surface area contributed by atoms with Gasteiger partial charge in [0.25, 0.3) is 0 Å². The van der Waals surface area contributed by atoms with Crippen LogP contribution in [0.15, 0.2) is 48.8 Å². The summed E-state index contributed by atoms with van der Waals surface area (Å²) < 4.78 is 0. The van der Waals surface area contributed by atoms with E-state index in [-0.39, 0.29) is 0 Å². The lowest BCUT2D eigenvalue weighted by Gasteiger charge is -2.21. The lowest BCUT2D eigenvalue weighted by atomic mass is 10.0. The van der Waals surface area contributed by atoms with Crippen LogP contribution >= 0.6 is 0 Å². The number of benzene rings is 1. The molecule has 1 unspecified atom stereocenters. The molecule has 2 nitrogen and oxygen atoms in total. The fourth-order valence-electron chi connectivity index (χ4n) is 2.48. The highest BCUT2D eigenvalue weighted by molar-refractivity contribution is 5.25. The Hall–Kier alpha value is -1.67. The average molecular weight is 268 g/mol. The second-order valence-corrected chi connectivity index (χ2v) is 5.38. The molecule has 1 heterocycles. The van der Waals surface area contributed by atoms with E-state index in [0.29, 0.717) is 12.1 Å². The standard InChI is InChI=1S/C18H24N2/c1-4-5-16-6-8-17(9-7-16)14(2)20-15(3)18-10-12-19-13-11-18/h6-15,20H,4-5H2,1-3H3/t14?,15-/m1/s1. The molecule has 0 aliphatic rings. The minimum atomic E-state index is 0.323. The van der Waals surface area contributed by atoms with Crippen molar-refractivity contribution in [1.82, 2.24) is 10.3 Å². The summed E-state index contributed by atoms with van der Waals surface area (Å²) in [5.74, 6) is 0. The molecule has 0 amide bonds. The van der Waals surface area contributed by atoms with Crippen LogP contribution in [0.5, 0.6) is 0 Å². The van der Waals surface area contributed by atoms with Gasteiger partial charge in [0, 0.05) is 24.5 Å². The number of nitrogens with zero attached hydrogens (tertiary/aromatic N) is 1. The minimum Gasteiger partial charge on any atom is -0.304 e. The Morgan fingerprint density at radius 3 is 2.00 bits per heavy atom. The van der Waals surface area contributed by atoms with E-state index in [2.05, 4.69) is 67.5 Å². The number of pyridine rings is 1. The minimum absolute atomic E-state index is 0.323. The molecule has 106 valence electrons. The van der Waals surface area contributed by atoms with Crippen LogP contribution in [0.2, 0.25) is 0 Å². The Balaban J connectivity index is 1.99. The van der Waals surface area contributed by atoms with Gasteiger partial charge in [-0.3, -0.25) is 4.98 Å². The first kappa shape index (κ1) is 14.7. The normalized spacial score (nSPS) is 13.9. The molecule has 0 spiro atoms. The van der Waals surface area contributed by atoms with Crippen molar-refractivity contribution < 1.29 is 0 Å².